The van der Waals surface area contributed by atoms with Crippen molar-refractivity contribution >= 4 is 11.9 Å². The zero-order valence-corrected chi connectivity index (χ0v) is 49.1. The number of hydrogen-bond donors (Lipinski definition) is 3. The summed E-state index contributed by atoms with van der Waals surface area (Å²) in [6.07, 6.45) is 79.2. The van der Waals surface area contributed by atoms with Crippen LogP contribution in [0.5, 0.6) is 0 Å². The van der Waals surface area contributed by atoms with E-state index in [1.54, 1.807) is 6.08 Å². The van der Waals surface area contributed by atoms with Gasteiger partial charge in [-0.3, -0.25) is 9.59 Å². The monoisotopic (exact) mass is 1030 g/mol. The first-order chi connectivity index (χ1) is 36.0. The quantitative estimate of drug-likeness (QED) is 0.0320. The van der Waals surface area contributed by atoms with E-state index in [0.29, 0.717) is 19.4 Å². The first kappa shape index (κ1) is 71.1. The van der Waals surface area contributed by atoms with Crippen LogP contribution in [0.1, 0.15) is 354 Å². The normalized spacial score (nSPS) is 12.8. The smallest absolute Gasteiger partial charge is 0.305 e. The summed E-state index contributed by atoms with van der Waals surface area (Å²) >= 11 is 0. The predicted molar refractivity (Wildman–Crippen MR) is 319 cm³/mol. The Morgan fingerprint density at radius 3 is 1.05 bits per heavy atom. The number of hydrogen-bond acceptors (Lipinski definition) is 5. The highest BCUT2D eigenvalue weighted by Crippen LogP contribution is 2.18. The topological polar surface area (TPSA) is 95.9 Å². The van der Waals surface area contributed by atoms with Crippen LogP contribution in [0.3, 0.4) is 0 Å². The van der Waals surface area contributed by atoms with Crippen molar-refractivity contribution in [2.75, 3.05) is 13.2 Å². The van der Waals surface area contributed by atoms with E-state index in [2.05, 4.69) is 43.5 Å². The van der Waals surface area contributed by atoms with Crippen molar-refractivity contribution in [3.8, 4) is 0 Å². The van der Waals surface area contributed by atoms with Gasteiger partial charge in [0, 0.05) is 12.8 Å². The number of unbranched alkanes of at least 4 members (excludes halogenated alkanes) is 46. The van der Waals surface area contributed by atoms with Gasteiger partial charge in [0.1, 0.15) is 0 Å². The predicted octanol–water partition coefficient (Wildman–Crippen LogP) is 20.8. The molecule has 6 nitrogen and oxygen atoms in total. The van der Waals surface area contributed by atoms with Crippen molar-refractivity contribution < 1.29 is 24.5 Å². The highest BCUT2D eigenvalue weighted by Gasteiger charge is 2.18. The van der Waals surface area contributed by atoms with Crippen LogP contribution in [0.2, 0.25) is 0 Å². The second-order valence-corrected chi connectivity index (χ2v) is 22.5. The lowest BCUT2D eigenvalue weighted by atomic mass is 10.0. The minimum absolute atomic E-state index is 0.00428. The lowest BCUT2D eigenvalue weighted by Crippen LogP contribution is -2.45. The van der Waals surface area contributed by atoms with Gasteiger partial charge in [-0.1, -0.05) is 314 Å². The molecule has 0 aromatic carbocycles. The van der Waals surface area contributed by atoms with Gasteiger partial charge in [-0.05, 0) is 64.2 Å². The Labute approximate surface area is 455 Å². The molecule has 0 aromatic heterocycles. The number of rotatable bonds is 61. The number of amides is 1. The van der Waals surface area contributed by atoms with Gasteiger partial charge in [-0.25, -0.2) is 0 Å². The molecule has 3 N–H and O–H groups in total. The molecule has 0 bridgehead atoms. The Kier molecular flexibility index (Phi) is 61.0. The van der Waals surface area contributed by atoms with Crippen LogP contribution in [0.15, 0.2) is 36.5 Å². The van der Waals surface area contributed by atoms with Crippen LogP contribution in [-0.4, -0.2) is 47.4 Å². The van der Waals surface area contributed by atoms with Crippen LogP contribution in [0, 0.1) is 0 Å². The maximum Gasteiger partial charge on any atom is 0.305 e. The van der Waals surface area contributed by atoms with Gasteiger partial charge in [0.05, 0.1) is 25.4 Å². The first-order valence-corrected chi connectivity index (χ1v) is 32.8. The molecule has 0 fully saturated rings. The molecule has 0 aliphatic heterocycles. The summed E-state index contributed by atoms with van der Waals surface area (Å²) in [6, 6.07) is -0.625. The number of aliphatic hydroxyl groups is 2. The number of allylic oxidation sites excluding steroid dienone is 5. The summed E-state index contributed by atoms with van der Waals surface area (Å²) < 4.78 is 5.49. The minimum atomic E-state index is -0.842. The van der Waals surface area contributed by atoms with Gasteiger partial charge in [-0.2, -0.15) is 0 Å². The second kappa shape index (κ2) is 62.6. The first-order valence-electron chi connectivity index (χ1n) is 32.8. The van der Waals surface area contributed by atoms with Crippen molar-refractivity contribution in [1.29, 1.82) is 0 Å². The molecule has 0 heterocycles. The fourth-order valence-corrected chi connectivity index (χ4v) is 10.1. The molecule has 2 atom stereocenters. The standard InChI is InChI=1S/C67H127NO5/c1-3-5-7-9-11-13-15-17-18-33-37-41-45-49-53-57-61-67(72)73-62-58-54-50-46-42-38-34-31-29-27-25-23-21-19-20-22-24-26-28-30-32-36-40-44-48-52-56-60-66(71)68-64(63-69)65(70)59-55-51-47-43-39-35-16-14-12-10-8-6-4-2/h13,15,18,33,55,59,64-65,69-70H,3-12,14,16-17,19-32,34-54,56-58,60-63H2,1-2H3,(H,68,71)/b15-13-,33-18-,59-55+. The third-order valence-corrected chi connectivity index (χ3v) is 15.2. The molecule has 0 rings (SSSR count). The fraction of sp³-hybridized carbons (Fsp3) is 0.881. The van der Waals surface area contributed by atoms with E-state index in [-0.39, 0.29) is 18.5 Å². The number of carbonyl (C=O) groups is 2. The number of carbonyl (C=O) groups excluding carboxylic acids is 2. The van der Waals surface area contributed by atoms with Gasteiger partial charge in [0.15, 0.2) is 0 Å². The summed E-state index contributed by atoms with van der Waals surface area (Å²) in [6.45, 7) is 4.89. The van der Waals surface area contributed by atoms with E-state index in [0.717, 1.165) is 51.4 Å². The zero-order chi connectivity index (χ0) is 52.9. The number of ether oxygens (including phenoxy) is 1. The maximum atomic E-state index is 12.5. The Morgan fingerprint density at radius 2 is 0.685 bits per heavy atom. The summed E-state index contributed by atoms with van der Waals surface area (Å²) in [4.78, 5) is 24.5. The van der Waals surface area contributed by atoms with E-state index in [1.807, 2.05) is 6.08 Å². The zero-order valence-electron chi connectivity index (χ0n) is 49.1. The molecule has 2 unspecified atom stereocenters. The van der Waals surface area contributed by atoms with E-state index in [1.165, 1.54) is 276 Å². The number of nitrogens with one attached hydrogen (secondary N) is 1. The van der Waals surface area contributed by atoms with Gasteiger partial charge >= 0.3 is 5.97 Å². The molecule has 0 radical (unpaired) electrons. The number of aliphatic hydroxyl groups excluding tert-OH is 2. The third kappa shape index (κ3) is 59.2. The molecule has 0 aliphatic rings. The molecule has 73 heavy (non-hydrogen) atoms. The highest BCUT2D eigenvalue weighted by atomic mass is 16.5. The summed E-state index contributed by atoms with van der Waals surface area (Å²) in [5.41, 5.74) is 0. The summed E-state index contributed by atoms with van der Waals surface area (Å²) in [5, 5.41) is 23.1. The van der Waals surface area contributed by atoms with E-state index >= 15 is 0 Å². The van der Waals surface area contributed by atoms with Gasteiger partial charge in [0.25, 0.3) is 0 Å². The Bertz CT molecular complexity index is 1180. The molecular formula is C67H127NO5. The third-order valence-electron chi connectivity index (χ3n) is 15.2. The van der Waals surface area contributed by atoms with Crippen LogP contribution < -0.4 is 5.32 Å². The van der Waals surface area contributed by atoms with Gasteiger partial charge in [-0.15, -0.1) is 0 Å². The van der Waals surface area contributed by atoms with Crippen molar-refractivity contribution in [3.63, 3.8) is 0 Å². The highest BCUT2D eigenvalue weighted by molar-refractivity contribution is 5.76. The van der Waals surface area contributed by atoms with Crippen molar-refractivity contribution in [2.24, 2.45) is 0 Å². The van der Waals surface area contributed by atoms with Crippen LogP contribution in [-0.2, 0) is 14.3 Å². The van der Waals surface area contributed by atoms with Gasteiger partial charge < -0.3 is 20.3 Å². The lowest BCUT2D eigenvalue weighted by Gasteiger charge is -2.20. The fourth-order valence-electron chi connectivity index (χ4n) is 10.1. The minimum Gasteiger partial charge on any atom is -0.466 e. The molecule has 0 aliphatic carbocycles. The molecule has 0 saturated carbocycles. The largest absolute Gasteiger partial charge is 0.466 e. The average molecular weight is 1030 g/mol. The summed E-state index contributed by atoms with van der Waals surface area (Å²) in [7, 11) is 0. The van der Waals surface area contributed by atoms with Gasteiger partial charge in [0.2, 0.25) is 5.91 Å². The van der Waals surface area contributed by atoms with Crippen LogP contribution in [0.4, 0.5) is 0 Å². The Hall–Kier alpha value is -1.92. The average Bonchev–Trinajstić information content (AvgIpc) is 3.39. The lowest BCUT2D eigenvalue weighted by molar-refractivity contribution is -0.143. The Balaban J connectivity index is 3.36. The Morgan fingerprint density at radius 1 is 0.384 bits per heavy atom. The molecule has 6 heteroatoms. The van der Waals surface area contributed by atoms with E-state index in [4.69, 9.17) is 4.74 Å². The van der Waals surface area contributed by atoms with Crippen LogP contribution >= 0.6 is 0 Å². The molecular weight excluding hydrogens is 899 g/mol. The molecule has 430 valence electrons. The van der Waals surface area contributed by atoms with E-state index < -0.39 is 12.1 Å². The maximum absolute atomic E-state index is 12.5. The van der Waals surface area contributed by atoms with Crippen molar-refractivity contribution in [2.45, 2.75) is 366 Å². The molecule has 0 spiro atoms. The van der Waals surface area contributed by atoms with Crippen molar-refractivity contribution in [3.05, 3.63) is 36.5 Å². The molecule has 0 saturated heterocycles. The van der Waals surface area contributed by atoms with Crippen molar-refractivity contribution in [1.82, 2.24) is 5.32 Å². The van der Waals surface area contributed by atoms with E-state index in [9.17, 15) is 19.8 Å². The number of esters is 1. The van der Waals surface area contributed by atoms with Crippen LogP contribution in [0.25, 0.3) is 0 Å². The molecule has 0 aromatic rings. The molecule has 1 amide bonds. The second-order valence-electron chi connectivity index (χ2n) is 22.5. The SMILES string of the molecule is CCCCCC/C=C\C/C=C\CCCCCCCC(=O)OCCCCCCCCCCCCCCCCCCCCCCCCCCCCCC(=O)NC(CO)C(O)/C=C/CCCCCCCCCCCCC. The summed E-state index contributed by atoms with van der Waals surface area (Å²) in [5.74, 6) is -0.0603.